The molecule has 1 aliphatic heterocycles. The standard InChI is InChI=1S/C20H16ClN3O/c1-13-6-9-15(10-7-13)23-19-16-4-2-3-5-17(16)20(25)24(19)18-11-8-14(21)12-22-18/h2-12,19,23H,1H3. The van der Waals surface area contributed by atoms with Crippen LogP contribution in [0.4, 0.5) is 11.5 Å². The highest BCUT2D eigenvalue weighted by molar-refractivity contribution is 6.30. The highest BCUT2D eigenvalue weighted by Gasteiger charge is 2.38. The molecule has 0 spiro atoms. The predicted octanol–water partition coefficient (Wildman–Crippen LogP) is 4.81. The molecule has 0 fully saturated rings. The van der Waals surface area contributed by atoms with Crippen molar-refractivity contribution in [1.82, 2.24) is 4.98 Å². The van der Waals surface area contributed by atoms with Crippen molar-refractivity contribution in [3.63, 3.8) is 0 Å². The molecule has 25 heavy (non-hydrogen) atoms. The summed E-state index contributed by atoms with van der Waals surface area (Å²) in [7, 11) is 0. The molecule has 1 N–H and O–H groups in total. The number of nitrogens with one attached hydrogen (secondary N) is 1. The maximum atomic E-state index is 12.9. The van der Waals surface area contributed by atoms with Gasteiger partial charge in [-0.25, -0.2) is 4.98 Å². The van der Waals surface area contributed by atoms with E-state index in [0.717, 1.165) is 11.3 Å². The van der Waals surface area contributed by atoms with Crippen LogP contribution < -0.4 is 10.2 Å². The largest absolute Gasteiger partial charge is 0.361 e. The summed E-state index contributed by atoms with van der Waals surface area (Å²) < 4.78 is 0. The molecule has 0 aliphatic carbocycles. The van der Waals surface area contributed by atoms with Gasteiger partial charge in [0, 0.05) is 23.0 Å². The fraction of sp³-hybridized carbons (Fsp3) is 0.100. The molecule has 4 rings (SSSR count). The van der Waals surface area contributed by atoms with Crippen molar-refractivity contribution in [1.29, 1.82) is 0 Å². The van der Waals surface area contributed by atoms with Crippen molar-refractivity contribution in [3.05, 3.63) is 88.6 Å². The van der Waals surface area contributed by atoms with E-state index in [-0.39, 0.29) is 12.1 Å². The molecule has 1 unspecified atom stereocenters. The van der Waals surface area contributed by atoms with Gasteiger partial charge in [0.25, 0.3) is 5.91 Å². The number of hydrogen-bond acceptors (Lipinski definition) is 3. The fourth-order valence-electron chi connectivity index (χ4n) is 3.01. The van der Waals surface area contributed by atoms with Crippen LogP contribution >= 0.6 is 11.6 Å². The highest BCUT2D eigenvalue weighted by atomic mass is 35.5. The van der Waals surface area contributed by atoms with Crippen molar-refractivity contribution < 1.29 is 4.79 Å². The van der Waals surface area contributed by atoms with E-state index >= 15 is 0 Å². The first-order chi connectivity index (χ1) is 12.1. The molecule has 3 aromatic rings. The Morgan fingerprint density at radius 1 is 1.04 bits per heavy atom. The second-order valence-electron chi connectivity index (χ2n) is 6.01. The number of fused-ring (bicyclic) bond motifs is 1. The molecule has 0 saturated heterocycles. The van der Waals surface area contributed by atoms with Crippen LogP contribution in [0.15, 0.2) is 66.9 Å². The summed E-state index contributed by atoms with van der Waals surface area (Å²) in [5.74, 6) is 0.491. The van der Waals surface area contributed by atoms with E-state index in [1.54, 1.807) is 23.2 Å². The van der Waals surface area contributed by atoms with Crippen LogP contribution in [0.2, 0.25) is 5.02 Å². The number of anilines is 2. The summed E-state index contributed by atoms with van der Waals surface area (Å²) in [6, 6.07) is 19.2. The van der Waals surface area contributed by atoms with Crippen LogP contribution in [0.5, 0.6) is 0 Å². The zero-order chi connectivity index (χ0) is 17.4. The van der Waals surface area contributed by atoms with Gasteiger partial charge in [-0.3, -0.25) is 9.69 Å². The Morgan fingerprint density at radius 2 is 1.80 bits per heavy atom. The van der Waals surface area contributed by atoms with E-state index in [2.05, 4.69) is 10.3 Å². The first-order valence-corrected chi connectivity index (χ1v) is 8.38. The molecule has 2 heterocycles. The molecule has 1 aromatic heterocycles. The number of aryl methyl sites for hydroxylation is 1. The molecule has 5 heteroatoms. The average molecular weight is 350 g/mol. The van der Waals surface area contributed by atoms with Crippen molar-refractivity contribution in [2.45, 2.75) is 13.1 Å². The van der Waals surface area contributed by atoms with E-state index in [4.69, 9.17) is 11.6 Å². The molecule has 1 atom stereocenters. The van der Waals surface area contributed by atoms with E-state index in [9.17, 15) is 4.79 Å². The molecule has 0 bridgehead atoms. The molecule has 0 radical (unpaired) electrons. The Balaban J connectivity index is 1.77. The molecule has 1 aliphatic rings. The topological polar surface area (TPSA) is 45.2 Å². The zero-order valence-corrected chi connectivity index (χ0v) is 14.4. The van der Waals surface area contributed by atoms with Crippen LogP contribution in [0.25, 0.3) is 0 Å². The summed E-state index contributed by atoms with van der Waals surface area (Å²) in [6.45, 7) is 2.04. The van der Waals surface area contributed by atoms with Crippen LogP contribution in [-0.2, 0) is 0 Å². The van der Waals surface area contributed by atoms with Gasteiger partial charge in [-0.2, -0.15) is 0 Å². The van der Waals surface area contributed by atoms with Gasteiger partial charge in [0.1, 0.15) is 12.0 Å². The second kappa shape index (κ2) is 6.22. The molecular formula is C20H16ClN3O. The first kappa shape index (κ1) is 15.7. The van der Waals surface area contributed by atoms with Crippen LogP contribution in [0, 0.1) is 6.92 Å². The third-order valence-corrected chi connectivity index (χ3v) is 4.50. The van der Waals surface area contributed by atoms with Gasteiger partial charge in [-0.1, -0.05) is 47.5 Å². The third kappa shape index (κ3) is 2.85. The zero-order valence-electron chi connectivity index (χ0n) is 13.6. The minimum atomic E-state index is -0.319. The van der Waals surface area contributed by atoms with Crippen LogP contribution in [-0.4, -0.2) is 10.9 Å². The number of halogens is 1. The average Bonchev–Trinajstić information content (AvgIpc) is 2.90. The van der Waals surface area contributed by atoms with Gasteiger partial charge < -0.3 is 5.32 Å². The number of pyridine rings is 1. The van der Waals surface area contributed by atoms with Crippen molar-refractivity contribution >= 4 is 29.0 Å². The molecule has 0 saturated carbocycles. The Morgan fingerprint density at radius 3 is 2.52 bits per heavy atom. The molecule has 1 amide bonds. The summed E-state index contributed by atoms with van der Waals surface area (Å²) in [5, 5.41) is 3.99. The van der Waals surface area contributed by atoms with Crippen molar-refractivity contribution in [3.8, 4) is 0 Å². The normalized spacial score (nSPS) is 16.0. The number of benzene rings is 2. The number of nitrogens with zero attached hydrogens (tertiary/aromatic N) is 2. The SMILES string of the molecule is Cc1ccc(NC2c3ccccc3C(=O)N2c2ccc(Cl)cn2)cc1. The lowest BCUT2D eigenvalue weighted by Crippen LogP contribution is -2.32. The fourth-order valence-corrected chi connectivity index (χ4v) is 3.12. The van der Waals surface area contributed by atoms with Crippen molar-refractivity contribution in [2.24, 2.45) is 0 Å². The summed E-state index contributed by atoms with van der Waals surface area (Å²) in [4.78, 5) is 19.0. The van der Waals surface area contributed by atoms with Gasteiger partial charge in [0.2, 0.25) is 0 Å². The van der Waals surface area contributed by atoms with Gasteiger partial charge in [-0.15, -0.1) is 0 Å². The maximum absolute atomic E-state index is 12.9. The van der Waals surface area contributed by atoms with Gasteiger partial charge in [0.05, 0.1) is 5.02 Å². The molecule has 4 nitrogen and oxygen atoms in total. The highest BCUT2D eigenvalue weighted by Crippen LogP contribution is 2.37. The summed E-state index contributed by atoms with van der Waals surface area (Å²) >= 11 is 5.94. The Kier molecular flexibility index (Phi) is 3.90. The Labute approximate surface area is 151 Å². The first-order valence-electron chi connectivity index (χ1n) is 8.01. The van der Waals surface area contributed by atoms with E-state index in [0.29, 0.717) is 16.4 Å². The van der Waals surface area contributed by atoms with Gasteiger partial charge in [0.15, 0.2) is 0 Å². The monoisotopic (exact) mass is 349 g/mol. The Hall–Kier alpha value is -2.85. The molecule has 124 valence electrons. The number of rotatable bonds is 3. The van der Waals surface area contributed by atoms with Crippen molar-refractivity contribution in [2.75, 3.05) is 10.2 Å². The number of carbonyl (C=O) groups excluding carboxylic acids is 1. The van der Waals surface area contributed by atoms with Gasteiger partial charge >= 0.3 is 0 Å². The number of amides is 1. The molecular weight excluding hydrogens is 334 g/mol. The van der Waals surface area contributed by atoms with Crippen LogP contribution in [0.1, 0.15) is 27.7 Å². The summed E-state index contributed by atoms with van der Waals surface area (Å²) in [5.41, 5.74) is 3.75. The third-order valence-electron chi connectivity index (χ3n) is 4.28. The number of aromatic nitrogens is 1. The van der Waals surface area contributed by atoms with E-state index in [1.807, 2.05) is 55.5 Å². The van der Waals surface area contributed by atoms with Gasteiger partial charge in [-0.05, 0) is 37.3 Å². The minimum absolute atomic E-state index is 0.0740. The molecule has 2 aromatic carbocycles. The Bertz CT molecular complexity index is 922. The second-order valence-corrected chi connectivity index (χ2v) is 6.45. The smallest absolute Gasteiger partial charge is 0.261 e. The maximum Gasteiger partial charge on any atom is 0.261 e. The lowest BCUT2D eigenvalue weighted by atomic mass is 10.1. The lowest BCUT2D eigenvalue weighted by Gasteiger charge is -2.26. The quantitative estimate of drug-likeness (QED) is 0.737. The van der Waals surface area contributed by atoms with E-state index in [1.165, 1.54) is 5.56 Å². The number of carbonyl (C=O) groups is 1. The minimum Gasteiger partial charge on any atom is -0.361 e. The lowest BCUT2D eigenvalue weighted by molar-refractivity contribution is 0.0992. The van der Waals surface area contributed by atoms with Crippen LogP contribution in [0.3, 0.4) is 0 Å². The van der Waals surface area contributed by atoms with E-state index < -0.39 is 0 Å². The summed E-state index contributed by atoms with van der Waals surface area (Å²) in [6.07, 6.45) is 1.23. The predicted molar refractivity (Wildman–Crippen MR) is 100 cm³/mol. The number of hydrogen-bond donors (Lipinski definition) is 1.